The van der Waals surface area contributed by atoms with Crippen molar-refractivity contribution in [2.24, 2.45) is 0 Å². The normalized spacial score (nSPS) is 11.4. The molecule has 3 aromatic rings. The van der Waals surface area contributed by atoms with Gasteiger partial charge in [-0.25, -0.2) is 8.42 Å². The predicted molar refractivity (Wildman–Crippen MR) is 110 cm³/mol. The van der Waals surface area contributed by atoms with E-state index in [4.69, 9.17) is 0 Å². The number of aromatic nitrogens is 1. The number of sulfone groups is 1. The van der Waals surface area contributed by atoms with E-state index in [0.717, 1.165) is 27.8 Å². The zero-order valence-electron chi connectivity index (χ0n) is 15.2. The van der Waals surface area contributed by atoms with Crippen molar-refractivity contribution >= 4 is 37.4 Å². The quantitative estimate of drug-likeness (QED) is 0.640. The van der Waals surface area contributed by atoms with E-state index in [2.05, 4.69) is 21.2 Å². The highest BCUT2D eigenvalue weighted by atomic mass is 79.9. The van der Waals surface area contributed by atoms with Gasteiger partial charge in [0.25, 0.3) is 5.91 Å². The van der Waals surface area contributed by atoms with Crippen LogP contribution in [0.5, 0.6) is 0 Å². The van der Waals surface area contributed by atoms with Gasteiger partial charge in [0, 0.05) is 33.5 Å². The Morgan fingerprint density at radius 2 is 1.70 bits per heavy atom. The smallest absolute Gasteiger partial charge is 0.257 e. The van der Waals surface area contributed by atoms with Gasteiger partial charge in [0.15, 0.2) is 9.84 Å². The highest BCUT2D eigenvalue weighted by molar-refractivity contribution is 9.10. The van der Waals surface area contributed by atoms with E-state index in [0.29, 0.717) is 11.3 Å². The molecule has 7 heteroatoms. The van der Waals surface area contributed by atoms with Crippen LogP contribution in [0.25, 0.3) is 5.69 Å². The number of nitrogens with one attached hydrogen (secondary N) is 1. The molecule has 0 aliphatic heterocycles. The van der Waals surface area contributed by atoms with Crippen LogP contribution in [0, 0.1) is 13.8 Å². The van der Waals surface area contributed by atoms with Gasteiger partial charge in [-0.1, -0.05) is 22.0 Å². The highest BCUT2D eigenvalue weighted by Crippen LogP contribution is 2.24. The highest BCUT2D eigenvalue weighted by Gasteiger charge is 2.17. The van der Waals surface area contributed by atoms with Gasteiger partial charge in [-0.15, -0.1) is 0 Å². The summed E-state index contributed by atoms with van der Waals surface area (Å²) in [5, 5.41) is 2.79. The molecule has 140 valence electrons. The van der Waals surface area contributed by atoms with Crippen LogP contribution in [0.4, 0.5) is 5.69 Å². The van der Waals surface area contributed by atoms with Crippen LogP contribution in [0.15, 0.2) is 64.0 Å². The lowest BCUT2D eigenvalue weighted by atomic mass is 10.2. The summed E-state index contributed by atoms with van der Waals surface area (Å²) < 4.78 is 26.4. The van der Waals surface area contributed by atoms with Crippen molar-refractivity contribution in [1.29, 1.82) is 0 Å². The molecule has 0 saturated carbocycles. The van der Waals surface area contributed by atoms with E-state index >= 15 is 0 Å². The minimum Gasteiger partial charge on any atom is -0.322 e. The summed E-state index contributed by atoms with van der Waals surface area (Å²) in [6.45, 7) is 3.83. The number of hydrogen-bond acceptors (Lipinski definition) is 3. The number of nitrogens with zero attached hydrogens (tertiary/aromatic N) is 1. The third-order valence-corrected chi connectivity index (χ3v) is 5.92. The fourth-order valence-electron chi connectivity index (χ4n) is 2.98. The van der Waals surface area contributed by atoms with Gasteiger partial charge in [0.1, 0.15) is 0 Å². The topological polar surface area (TPSA) is 68.2 Å². The van der Waals surface area contributed by atoms with Crippen molar-refractivity contribution in [2.45, 2.75) is 18.7 Å². The van der Waals surface area contributed by atoms with Gasteiger partial charge in [-0.05, 0) is 62.4 Å². The summed E-state index contributed by atoms with van der Waals surface area (Å²) in [6.07, 6.45) is 1.14. The molecule has 5 nitrogen and oxygen atoms in total. The number of benzene rings is 2. The van der Waals surface area contributed by atoms with Crippen LogP contribution < -0.4 is 5.32 Å². The van der Waals surface area contributed by atoms with Gasteiger partial charge >= 0.3 is 0 Å². The van der Waals surface area contributed by atoms with Crippen LogP contribution >= 0.6 is 15.9 Å². The summed E-state index contributed by atoms with van der Waals surface area (Å²) in [5.41, 5.74) is 3.69. The van der Waals surface area contributed by atoms with Crippen LogP contribution in [0.1, 0.15) is 21.7 Å². The molecule has 0 bridgehead atoms. The fraction of sp³-hybridized carbons (Fsp3) is 0.150. The first-order chi connectivity index (χ1) is 12.7. The average Bonchev–Trinajstić information content (AvgIpc) is 2.90. The van der Waals surface area contributed by atoms with Crippen molar-refractivity contribution in [3.63, 3.8) is 0 Å². The molecule has 0 aliphatic carbocycles. The Balaban J connectivity index is 1.93. The third-order valence-electron chi connectivity index (χ3n) is 4.28. The van der Waals surface area contributed by atoms with Gasteiger partial charge < -0.3 is 9.88 Å². The van der Waals surface area contributed by atoms with Crippen molar-refractivity contribution in [2.75, 3.05) is 11.6 Å². The Kier molecular flexibility index (Phi) is 5.26. The third kappa shape index (κ3) is 4.14. The van der Waals surface area contributed by atoms with Crippen LogP contribution in [0.2, 0.25) is 0 Å². The number of anilines is 1. The summed E-state index contributed by atoms with van der Waals surface area (Å²) in [7, 11) is -3.34. The van der Waals surface area contributed by atoms with E-state index in [-0.39, 0.29) is 10.8 Å². The summed E-state index contributed by atoms with van der Waals surface area (Å²) in [5.74, 6) is -0.280. The molecule has 0 saturated heterocycles. The second-order valence-corrected chi connectivity index (χ2v) is 9.28. The predicted octanol–water partition coefficient (Wildman–Crippen LogP) is 4.51. The summed E-state index contributed by atoms with van der Waals surface area (Å²) in [4.78, 5) is 12.9. The Morgan fingerprint density at radius 1 is 1.04 bits per heavy atom. The maximum absolute atomic E-state index is 12.8. The number of carbonyl (C=O) groups is 1. The van der Waals surface area contributed by atoms with Gasteiger partial charge in [0.05, 0.1) is 10.5 Å². The average molecular weight is 447 g/mol. The molecule has 0 spiro atoms. The molecule has 1 heterocycles. The first-order valence-electron chi connectivity index (χ1n) is 8.23. The molecule has 0 atom stereocenters. The van der Waals surface area contributed by atoms with Crippen LogP contribution in [0.3, 0.4) is 0 Å². The molecular weight excluding hydrogens is 428 g/mol. The molecule has 0 aliphatic rings. The maximum Gasteiger partial charge on any atom is 0.257 e. The van der Waals surface area contributed by atoms with E-state index < -0.39 is 9.84 Å². The van der Waals surface area contributed by atoms with Gasteiger partial charge in [0.2, 0.25) is 0 Å². The first kappa shape index (κ1) is 19.4. The zero-order valence-corrected chi connectivity index (χ0v) is 17.6. The number of aryl methyl sites for hydroxylation is 1. The van der Waals surface area contributed by atoms with Crippen molar-refractivity contribution in [3.8, 4) is 5.69 Å². The Labute approximate surface area is 167 Å². The van der Waals surface area contributed by atoms with Gasteiger partial charge in [-0.2, -0.15) is 0 Å². The summed E-state index contributed by atoms with van der Waals surface area (Å²) in [6, 6.07) is 15.9. The van der Waals surface area contributed by atoms with E-state index in [1.165, 1.54) is 12.1 Å². The van der Waals surface area contributed by atoms with Crippen molar-refractivity contribution in [1.82, 2.24) is 4.57 Å². The number of hydrogen-bond donors (Lipinski definition) is 1. The molecule has 0 radical (unpaired) electrons. The number of carbonyl (C=O) groups excluding carboxylic acids is 1. The molecular formula is C20H19BrN2O3S. The number of rotatable bonds is 4. The largest absolute Gasteiger partial charge is 0.322 e. The minimum absolute atomic E-state index is 0.167. The standard InChI is InChI=1S/C20H19BrN2O3S/c1-13-11-19(14(2)23(13)17-9-7-15(21)8-10-17)20(24)22-16-5-4-6-18(12-16)27(3,25)26/h4-12H,1-3H3,(H,22,24). The van der Waals surface area contributed by atoms with E-state index in [1.807, 2.05) is 48.7 Å². The molecule has 0 fully saturated rings. The molecule has 1 N–H and O–H groups in total. The second-order valence-electron chi connectivity index (χ2n) is 6.35. The van der Waals surface area contributed by atoms with Crippen molar-refractivity contribution in [3.05, 3.63) is 76.0 Å². The fourth-order valence-corrected chi connectivity index (χ4v) is 3.91. The SMILES string of the molecule is Cc1cc(C(=O)Nc2cccc(S(C)(=O)=O)c2)c(C)n1-c1ccc(Br)cc1. The first-order valence-corrected chi connectivity index (χ1v) is 10.9. The van der Waals surface area contributed by atoms with Gasteiger partial charge in [-0.3, -0.25) is 4.79 Å². The van der Waals surface area contributed by atoms with Crippen molar-refractivity contribution < 1.29 is 13.2 Å². The molecule has 3 rings (SSSR count). The summed E-state index contributed by atoms with van der Waals surface area (Å²) >= 11 is 3.42. The molecule has 27 heavy (non-hydrogen) atoms. The zero-order chi connectivity index (χ0) is 19.8. The Hall–Kier alpha value is -2.38. The lowest BCUT2D eigenvalue weighted by molar-refractivity contribution is 0.102. The van der Waals surface area contributed by atoms with E-state index in [9.17, 15) is 13.2 Å². The van der Waals surface area contributed by atoms with E-state index in [1.54, 1.807) is 12.1 Å². The Bertz CT molecular complexity index is 1120. The number of halogens is 1. The number of amides is 1. The molecule has 1 aromatic heterocycles. The molecule has 0 unspecified atom stereocenters. The lowest BCUT2D eigenvalue weighted by Crippen LogP contribution is -2.13. The van der Waals surface area contributed by atoms with Crippen LogP contribution in [-0.4, -0.2) is 25.1 Å². The minimum atomic E-state index is -3.34. The second kappa shape index (κ2) is 7.32. The monoisotopic (exact) mass is 446 g/mol. The lowest BCUT2D eigenvalue weighted by Gasteiger charge is -2.10. The van der Waals surface area contributed by atoms with Crippen LogP contribution in [-0.2, 0) is 9.84 Å². The molecule has 2 aromatic carbocycles. The molecule has 1 amide bonds. The maximum atomic E-state index is 12.8. The Morgan fingerprint density at radius 3 is 2.33 bits per heavy atom.